The summed E-state index contributed by atoms with van der Waals surface area (Å²) in [4.78, 5) is 0. The molecule has 1 rings (SSSR count). The lowest BCUT2D eigenvalue weighted by Crippen LogP contribution is -1.84. The number of aryl methyl sites for hydroxylation is 1. The summed E-state index contributed by atoms with van der Waals surface area (Å²) in [5.41, 5.74) is 0.969. The zero-order chi connectivity index (χ0) is 7.94. The van der Waals surface area contributed by atoms with Gasteiger partial charge in [-0.2, -0.15) is 15.4 Å². The number of rotatable bonds is 4. The van der Waals surface area contributed by atoms with Gasteiger partial charge < -0.3 is 5.11 Å². The molecular weight excluding hydrogens is 142 g/mol. The molecule has 4 nitrogen and oxygen atoms in total. The molecule has 0 aliphatic heterocycles. The number of aromatic amines is 1. The standard InChI is InChI=1S/C7H11N3O/c11-5-3-1-2-4-7-6-8-10-9-7/h3,5-6,11H,1-2,4H2,(H,8,9,10). The second kappa shape index (κ2) is 4.49. The summed E-state index contributed by atoms with van der Waals surface area (Å²) in [6, 6.07) is 0. The maximum atomic E-state index is 8.31. The molecule has 0 saturated heterocycles. The van der Waals surface area contributed by atoms with Crippen molar-refractivity contribution in [2.75, 3.05) is 0 Å². The van der Waals surface area contributed by atoms with Crippen LogP contribution >= 0.6 is 0 Å². The van der Waals surface area contributed by atoms with Crippen molar-refractivity contribution in [3.63, 3.8) is 0 Å². The van der Waals surface area contributed by atoms with Crippen molar-refractivity contribution >= 4 is 0 Å². The molecule has 1 heterocycles. The second-order valence-corrected chi connectivity index (χ2v) is 2.24. The third-order valence-corrected chi connectivity index (χ3v) is 1.37. The summed E-state index contributed by atoms with van der Waals surface area (Å²) in [5, 5.41) is 18.4. The van der Waals surface area contributed by atoms with E-state index in [1.165, 1.54) is 0 Å². The first-order valence-corrected chi connectivity index (χ1v) is 3.57. The van der Waals surface area contributed by atoms with Crippen molar-refractivity contribution in [2.45, 2.75) is 19.3 Å². The molecule has 1 aromatic rings. The SMILES string of the molecule is OC=CCCCc1cn[nH]n1. The number of nitrogens with zero attached hydrogens (tertiary/aromatic N) is 2. The molecule has 0 aromatic carbocycles. The number of nitrogens with one attached hydrogen (secondary N) is 1. The first kappa shape index (κ1) is 7.78. The van der Waals surface area contributed by atoms with Gasteiger partial charge in [-0.15, -0.1) is 0 Å². The Balaban J connectivity index is 2.14. The lowest BCUT2D eigenvalue weighted by atomic mass is 10.2. The molecule has 60 valence electrons. The van der Waals surface area contributed by atoms with Crippen LogP contribution in [0.5, 0.6) is 0 Å². The van der Waals surface area contributed by atoms with Gasteiger partial charge in [0.05, 0.1) is 18.2 Å². The van der Waals surface area contributed by atoms with E-state index in [9.17, 15) is 0 Å². The van der Waals surface area contributed by atoms with Crippen LogP contribution < -0.4 is 0 Å². The Hall–Kier alpha value is -1.32. The average molecular weight is 153 g/mol. The monoisotopic (exact) mass is 153 g/mol. The molecule has 0 amide bonds. The van der Waals surface area contributed by atoms with Crippen molar-refractivity contribution in [3.8, 4) is 0 Å². The Morgan fingerprint density at radius 3 is 3.18 bits per heavy atom. The smallest absolute Gasteiger partial charge is 0.0824 e. The van der Waals surface area contributed by atoms with Gasteiger partial charge in [-0.1, -0.05) is 6.08 Å². The van der Waals surface area contributed by atoms with Gasteiger partial charge in [-0.25, -0.2) is 0 Å². The molecule has 0 unspecified atom stereocenters. The fourth-order valence-electron chi connectivity index (χ4n) is 0.821. The van der Waals surface area contributed by atoms with E-state index in [0.29, 0.717) is 0 Å². The molecule has 4 heteroatoms. The van der Waals surface area contributed by atoms with E-state index in [1.807, 2.05) is 0 Å². The number of allylic oxidation sites excluding steroid dienone is 1. The fraction of sp³-hybridized carbons (Fsp3) is 0.429. The van der Waals surface area contributed by atoms with E-state index >= 15 is 0 Å². The summed E-state index contributed by atoms with van der Waals surface area (Å²) < 4.78 is 0. The number of aromatic nitrogens is 3. The van der Waals surface area contributed by atoms with Gasteiger partial charge in [0.15, 0.2) is 0 Å². The number of aliphatic hydroxyl groups is 1. The third kappa shape index (κ3) is 2.84. The molecule has 0 spiro atoms. The molecule has 0 fully saturated rings. The minimum atomic E-state index is 0.878. The first-order valence-electron chi connectivity index (χ1n) is 3.57. The molecule has 0 aliphatic carbocycles. The first-order chi connectivity index (χ1) is 5.43. The summed E-state index contributed by atoms with van der Waals surface area (Å²) in [6.45, 7) is 0. The van der Waals surface area contributed by atoms with E-state index in [2.05, 4.69) is 15.4 Å². The Kier molecular flexibility index (Phi) is 3.18. The fourth-order valence-corrected chi connectivity index (χ4v) is 0.821. The highest BCUT2D eigenvalue weighted by atomic mass is 16.2. The molecule has 0 saturated carbocycles. The van der Waals surface area contributed by atoms with Crippen LogP contribution in [-0.4, -0.2) is 20.5 Å². The third-order valence-electron chi connectivity index (χ3n) is 1.37. The van der Waals surface area contributed by atoms with Gasteiger partial charge in [0.25, 0.3) is 0 Å². The van der Waals surface area contributed by atoms with Crippen LogP contribution in [0.15, 0.2) is 18.5 Å². The number of H-pyrrole nitrogens is 1. The largest absolute Gasteiger partial charge is 0.516 e. The number of hydrogen-bond donors (Lipinski definition) is 2. The summed E-state index contributed by atoms with van der Waals surface area (Å²) in [5.74, 6) is 0. The Bertz CT molecular complexity index is 205. The van der Waals surface area contributed by atoms with Crippen LogP contribution in [0.4, 0.5) is 0 Å². The van der Waals surface area contributed by atoms with Gasteiger partial charge in [0.2, 0.25) is 0 Å². The van der Waals surface area contributed by atoms with Crippen LogP contribution in [-0.2, 0) is 6.42 Å². The van der Waals surface area contributed by atoms with Crippen LogP contribution in [0, 0.1) is 0 Å². The van der Waals surface area contributed by atoms with E-state index in [-0.39, 0.29) is 0 Å². The zero-order valence-corrected chi connectivity index (χ0v) is 6.20. The Morgan fingerprint density at radius 1 is 1.64 bits per heavy atom. The number of aliphatic hydroxyl groups excluding tert-OH is 1. The summed E-state index contributed by atoms with van der Waals surface area (Å²) in [6.07, 6.45) is 7.28. The van der Waals surface area contributed by atoms with E-state index in [0.717, 1.165) is 31.2 Å². The van der Waals surface area contributed by atoms with E-state index in [4.69, 9.17) is 5.11 Å². The number of unbranched alkanes of at least 4 members (excludes halogenated alkanes) is 1. The molecule has 0 aliphatic rings. The highest BCUT2D eigenvalue weighted by molar-refractivity contribution is 4.90. The molecule has 0 atom stereocenters. The van der Waals surface area contributed by atoms with Crippen molar-refractivity contribution in [1.29, 1.82) is 0 Å². The number of hydrogen-bond acceptors (Lipinski definition) is 3. The van der Waals surface area contributed by atoms with Crippen molar-refractivity contribution < 1.29 is 5.11 Å². The highest BCUT2D eigenvalue weighted by Crippen LogP contribution is 1.99. The maximum Gasteiger partial charge on any atom is 0.0824 e. The van der Waals surface area contributed by atoms with Gasteiger partial charge >= 0.3 is 0 Å². The van der Waals surface area contributed by atoms with Crippen LogP contribution in [0.1, 0.15) is 18.5 Å². The van der Waals surface area contributed by atoms with Crippen LogP contribution in [0.3, 0.4) is 0 Å². The van der Waals surface area contributed by atoms with Crippen LogP contribution in [0.2, 0.25) is 0 Å². The zero-order valence-electron chi connectivity index (χ0n) is 6.20. The van der Waals surface area contributed by atoms with Gasteiger partial charge in [0, 0.05) is 0 Å². The molecule has 0 radical (unpaired) electrons. The van der Waals surface area contributed by atoms with Gasteiger partial charge in [0.1, 0.15) is 0 Å². The topological polar surface area (TPSA) is 61.8 Å². The summed E-state index contributed by atoms with van der Waals surface area (Å²) in [7, 11) is 0. The Labute approximate surface area is 64.9 Å². The van der Waals surface area contributed by atoms with Crippen molar-refractivity contribution in [3.05, 3.63) is 24.2 Å². The normalized spacial score (nSPS) is 10.9. The molecule has 11 heavy (non-hydrogen) atoms. The second-order valence-electron chi connectivity index (χ2n) is 2.24. The minimum Gasteiger partial charge on any atom is -0.516 e. The molecule has 1 aromatic heterocycles. The van der Waals surface area contributed by atoms with Gasteiger partial charge in [-0.05, 0) is 19.3 Å². The highest BCUT2D eigenvalue weighted by Gasteiger charge is 1.92. The quantitative estimate of drug-likeness (QED) is 0.504. The predicted octanol–water partition coefficient (Wildman–Crippen LogP) is 1.20. The lowest BCUT2D eigenvalue weighted by molar-refractivity contribution is 0.470. The van der Waals surface area contributed by atoms with Crippen molar-refractivity contribution in [2.24, 2.45) is 0 Å². The molecule has 0 bridgehead atoms. The van der Waals surface area contributed by atoms with Crippen LogP contribution in [0.25, 0.3) is 0 Å². The predicted molar refractivity (Wildman–Crippen MR) is 41.1 cm³/mol. The van der Waals surface area contributed by atoms with Crippen molar-refractivity contribution in [1.82, 2.24) is 15.4 Å². The summed E-state index contributed by atoms with van der Waals surface area (Å²) >= 11 is 0. The molecule has 2 N–H and O–H groups in total. The Morgan fingerprint density at radius 2 is 2.55 bits per heavy atom. The van der Waals surface area contributed by atoms with E-state index in [1.54, 1.807) is 12.3 Å². The average Bonchev–Trinajstić information content (AvgIpc) is 2.50. The van der Waals surface area contributed by atoms with Gasteiger partial charge in [-0.3, -0.25) is 0 Å². The minimum absolute atomic E-state index is 0.878. The molecular formula is C7H11N3O. The maximum absolute atomic E-state index is 8.31. The van der Waals surface area contributed by atoms with E-state index < -0.39 is 0 Å². The lowest BCUT2D eigenvalue weighted by Gasteiger charge is -1.89.